The summed E-state index contributed by atoms with van der Waals surface area (Å²) in [6, 6.07) is 11.2. The van der Waals surface area contributed by atoms with Crippen molar-refractivity contribution in [1.29, 1.82) is 0 Å². The summed E-state index contributed by atoms with van der Waals surface area (Å²) in [6.07, 6.45) is 3.03. The molecule has 0 aliphatic rings. The molecule has 0 saturated carbocycles. The van der Waals surface area contributed by atoms with Gasteiger partial charge in [-0.25, -0.2) is 8.42 Å². The van der Waals surface area contributed by atoms with Gasteiger partial charge in [0.25, 0.3) is 5.91 Å². The average Bonchev–Trinajstić information content (AvgIpc) is 2.78. The standard InChI is InChI=1S/C24H28BrN3O4S2/c1-5-13-28(14-6-2)34(30,31)20-10-8-19(9-11-20)26-24(33)27-23(29)21-15-18(25)7-12-22(21)32-16-17(3)4/h5-12,15,17H,1-2,13-14,16H2,3-4H3,(H2,26,27,29,33). The summed E-state index contributed by atoms with van der Waals surface area (Å²) in [6.45, 7) is 12.0. The van der Waals surface area contributed by atoms with Crippen LogP contribution in [0.25, 0.3) is 0 Å². The van der Waals surface area contributed by atoms with E-state index in [1.807, 2.05) is 13.8 Å². The second-order valence-corrected chi connectivity index (χ2v) is 10.9. The fourth-order valence-corrected chi connectivity index (χ4v) is 4.77. The van der Waals surface area contributed by atoms with Crippen molar-refractivity contribution in [3.05, 3.63) is 77.8 Å². The highest BCUT2D eigenvalue weighted by molar-refractivity contribution is 9.10. The lowest BCUT2D eigenvalue weighted by atomic mass is 10.2. The highest BCUT2D eigenvalue weighted by atomic mass is 79.9. The first-order valence-electron chi connectivity index (χ1n) is 10.4. The highest BCUT2D eigenvalue weighted by Gasteiger charge is 2.22. The number of sulfonamides is 1. The van der Waals surface area contributed by atoms with Crippen molar-refractivity contribution in [2.45, 2.75) is 18.7 Å². The number of ether oxygens (including phenoxy) is 1. The quantitative estimate of drug-likeness (QED) is 0.295. The van der Waals surface area contributed by atoms with Crippen molar-refractivity contribution >= 4 is 54.9 Å². The lowest BCUT2D eigenvalue weighted by molar-refractivity contribution is 0.0973. The van der Waals surface area contributed by atoms with Gasteiger partial charge in [0.2, 0.25) is 10.0 Å². The van der Waals surface area contributed by atoms with Crippen molar-refractivity contribution in [3.63, 3.8) is 0 Å². The third-order valence-corrected chi connectivity index (χ3v) is 6.94. The third-order valence-electron chi connectivity index (χ3n) is 4.40. The second-order valence-electron chi connectivity index (χ2n) is 7.68. The summed E-state index contributed by atoms with van der Waals surface area (Å²) >= 11 is 8.64. The Kier molecular flexibility index (Phi) is 10.4. The summed E-state index contributed by atoms with van der Waals surface area (Å²) in [7, 11) is -3.70. The fourth-order valence-electron chi connectivity index (χ4n) is 2.81. The number of hydrogen-bond donors (Lipinski definition) is 2. The van der Waals surface area contributed by atoms with Crippen molar-refractivity contribution in [2.75, 3.05) is 25.0 Å². The molecule has 0 saturated heterocycles. The van der Waals surface area contributed by atoms with Gasteiger partial charge < -0.3 is 10.1 Å². The summed E-state index contributed by atoms with van der Waals surface area (Å²) < 4.78 is 33.4. The second kappa shape index (κ2) is 12.8. The lowest BCUT2D eigenvalue weighted by Crippen LogP contribution is -2.34. The largest absolute Gasteiger partial charge is 0.492 e. The molecule has 2 aromatic carbocycles. The van der Waals surface area contributed by atoms with Gasteiger partial charge in [-0.15, -0.1) is 13.2 Å². The van der Waals surface area contributed by atoms with E-state index < -0.39 is 15.9 Å². The number of carbonyl (C=O) groups excluding carboxylic acids is 1. The molecular formula is C24H28BrN3O4S2. The van der Waals surface area contributed by atoms with Crippen LogP contribution in [-0.4, -0.2) is 43.4 Å². The molecule has 182 valence electrons. The molecule has 0 radical (unpaired) electrons. The predicted octanol–water partition coefficient (Wildman–Crippen LogP) is 4.97. The van der Waals surface area contributed by atoms with Gasteiger partial charge in [0.15, 0.2) is 5.11 Å². The first-order chi connectivity index (χ1) is 16.1. The molecule has 7 nitrogen and oxygen atoms in total. The van der Waals surface area contributed by atoms with Gasteiger partial charge in [-0.3, -0.25) is 10.1 Å². The first-order valence-corrected chi connectivity index (χ1v) is 13.1. The molecule has 2 aromatic rings. The van der Waals surface area contributed by atoms with Gasteiger partial charge in [0, 0.05) is 23.2 Å². The van der Waals surface area contributed by atoms with Crippen LogP contribution >= 0.6 is 28.1 Å². The Morgan fingerprint density at radius 1 is 1.15 bits per heavy atom. The molecule has 0 atom stereocenters. The number of amides is 1. The van der Waals surface area contributed by atoms with Crippen LogP contribution in [0.2, 0.25) is 0 Å². The summed E-state index contributed by atoms with van der Waals surface area (Å²) in [5.74, 6) is 0.325. The van der Waals surface area contributed by atoms with E-state index in [9.17, 15) is 13.2 Å². The van der Waals surface area contributed by atoms with Gasteiger partial charge in [0.05, 0.1) is 17.1 Å². The number of hydrogen-bond acceptors (Lipinski definition) is 5. The van der Waals surface area contributed by atoms with Crippen LogP contribution in [0.5, 0.6) is 5.75 Å². The van der Waals surface area contributed by atoms with E-state index in [0.29, 0.717) is 29.5 Å². The Morgan fingerprint density at radius 3 is 2.32 bits per heavy atom. The predicted molar refractivity (Wildman–Crippen MR) is 144 cm³/mol. The fraction of sp³-hybridized carbons (Fsp3) is 0.250. The number of halogens is 1. The molecule has 1 amide bonds. The van der Waals surface area contributed by atoms with Crippen LogP contribution in [0.3, 0.4) is 0 Å². The summed E-state index contributed by atoms with van der Waals surface area (Å²) in [5, 5.41) is 5.58. The molecule has 34 heavy (non-hydrogen) atoms. The zero-order valence-corrected chi connectivity index (χ0v) is 22.3. The van der Waals surface area contributed by atoms with Gasteiger partial charge in [-0.05, 0) is 60.6 Å². The Morgan fingerprint density at radius 2 is 1.76 bits per heavy atom. The monoisotopic (exact) mass is 565 g/mol. The number of anilines is 1. The topological polar surface area (TPSA) is 87.7 Å². The zero-order chi connectivity index (χ0) is 25.3. The van der Waals surface area contributed by atoms with Crippen LogP contribution in [-0.2, 0) is 10.0 Å². The number of nitrogens with one attached hydrogen (secondary N) is 2. The number of nitrogens with zero attached hydrogens (tertiary/aromatic N) is 1. The van der Waals surface area contributed by atoms with Crippen LogP contribution < -0.4 is 15.4 Å². The Bertz CT molecular complexity index is 1140. The van der Waals surface area contributed by atoms with Gasteiger partial charge in [0.1, 0.15) is 5.75 Å². The van der Waals surface area contributed by atoms with Crippen molar-refractivity contribution in [3.8, 4) is 5.75 Å². The smallest absolute Gasteiger partial charge is 0.261 e. The van der Waals surface area contributed by atoms with E-state index in [-0.39, 0.29) is 23.1 Å². The van der Waals surface area contributed by atoms with E-state index in [4.69, 9.17) is 17.0 Å². The average molecular weight is 567 g/mol. The van der Waals surface area contributed by atoms with Gasteiger partial charge in [-0.1, -0.05) is 41.9 Å². The maximum absolute atomic E-state index is 12.8. The molecule has 0 spiro atoms. The van der Waals surface area contributed by atoms with E-state index in [1.54, 1.807) is 30.3 Å². The summed E-state index contributed by atoms with van der Waals surface area (Å²) in [4.78, 5) is 12.9. The molecule has 0 aromatic heterocycles. The number of carbonyl (C=O) groups is 1. The van der Waals surface area contributed by atoms with Crippen molar-refractivity contribution < 1.29 is 17.9 Å². The molecule has 0 aliphatic carbocycles. The SMILES string of the molecule is C=CCN(CC=C)S(=O)(=O)c1ccc(NC(=S)NC(=O)c2cc(Br)ccc2OCC(C)C)cc1. The number of rotatable bonds is 11. The van der Waals surface area contributed by atoms with Crippen LogP contribution in [0, 0.1) is 5.92 Å². The third kappa shape index (κ3) is 7.76. The molecule has 10 heteroatoms. The maximum atomic E-state index is 12.8. The minimum atomic E-state index is -3.70. The van der Waals surface area contributed by atoms with Crippen molar-refractivity contribution in [2.24, 2.45) is 5.92 Å². The molecule has 2 rings (SSSR count). The number of benzene rings is 2. The lowest BCUT2D eigenvalue weighted by Gasteiger charge is -2.19. The molecule has 2 N–H and O–H groups in total. The zero-order valence-electron chi connectivity index (χ0n) is 19.1. The first kappa shape index (κ1) is 27.7. The van der Waals surface area contributed by atoms with Gasteiger partial charge in [-0.2, -0.15) is 4.31 Å². The maximum Gasteiger partial charge on any atom is 0.261 e. The van der Waals surface area contributed by atoms with Crippen LogP contribution in [0.4, 0.5) is 5.69 Å². The van der Waals surface area contributed by atoms with Crippen molar-refractivity contribution in [1.82, 2.24) is 9.62 Å². The molecule has 0 heterocycles. The van der Waals surface area contributed by atoms with Crippen LogP contribution in [0.1, 0.15) is 24.2 Å². The minimum absolute atomic E-state index is 0.0651. The van der Waals surface area contributed by atoms with E-state index in [0.717, 1.165) is 4.47 Å². The molecule has 0 fully saturated rings. The summed E-state index contributed by atoms with van der Waals surface area (Å²) in [5.41, 5.74) is 0.860. The molecule has 0 bridgehead atoms. The minimum Gasteiger partial charge on any atom is -0.492 e. The number of thiocarbonyl (C=S) groups is 1. The molecular weight excluding hydrogens is 538 g/mol. The van der Waals surface area contributed by atoms with Crippen LogP contribution in [0.15, 0.2) is 77.1 Å². The Hall–Kier alpha value is -2.53. The van der Waals surface area contributed by atoms with E-state index in [1.165, 1.54) is 28.6 Å². The normalized spacial score (nSPS) is 11.2. The Labute approximate surface area is 215 Å². The highest BCUT2D eigenvalue weighted by Crippen LogP contribution is 2.24. The van der Waals surface area contributed by atoms with E-state index in [2.05, 4.69) is 39.7 Å². The van der Waals surface area contributed by atoms with Gasteiger partial charge >= 0.3 is 0 Å². The Balaban J connectivity index is 2.10. The van der Waals surface area contributed by atoms with E-state index >= 15 is 0 Å². The molecule has 0 unspecified atom stereocenters. The molecule has 0 aliphatic heterocycles.